The van der Waals surface area contributed by atoms with Crippen LogP contribution in [0.2, 0.25) is 5.15 Å². The van der Waals surface area contributed by atoms with Gasteiger partial charge in [0.05, 0.1) is 12.2 Å². The van der Waals surface area contributed by atoms with Crippen LogP contribution in [-0.2, 0) is 4.79 Å². The highest BCUT2D eigenvalue weighted by Crippen LogP contribution is 2.17. The van der Waals surface area contributed by atoms with Gasteiger partial charge in [0.15, 0.2) is 5.15 Å². The second-order valence-corrected chi connectivity index (χ2v) is 5.29. The number of halogens is 1. The number of nitrogens with zero attached hydrogens (tertiary/aromatic N) is 2. The third kappa shape index (κ3) is 4.80. The summed E-state index contributed by atoms with van der Waals surface area (Å²) in [7, 11) is 0. The Balaban J connectivity index is 1.84. The minimum atomic E-state index is -0.0181. The van der Waals surface area contributed by atoms with E-state index in [0.717, 1.165) is 13.1 Å². The standard InChI is InChI=1S/C14H20ClN3O/c15-14-12(7-6-8-16-14)17-13(19)11-18-9-4-2-1-3-5-10-18/h6-8H,1-5,9-11H2,(H,17,19). The minimum absolute atomic E-state index is 0.0181. The largest absolute Gasteiger partial charge is 0.322 e. The van der Waals surface area contributed by atoms with E-state index in [1.807, 2.05) is 0 Å². The van der Waals surface area contributed by atoms with Crippen molar-refractivity contribution in [3.63, 3.8) is 0 Å². The predicted molar refractivity (Wildman–Crippen MR) is 77.4 cm³/mol. The average molecular weight is 282 g/mol. The van der Waals surface area contributed by atoms with Crippen LogP contribution in [0.5, 0.6) is 0 Å². The summed E-state index contributed by atoms with van der Waals surface area (Å²) in [5.74, 6) is -0.0181. The van der Waals surface area contributed by atoms with Crippen molar-refractivity contribution in [3.8, 4) is 0 Å². The van der Waals surface area contributed by atoms with Gasteiger partial charge in [-0.3, -0.25) is 9.69 Å². The van der Waals surface area contributed by atoms with Crippen LogP contribution in [0.4, 0.5) is 5.69 Å². The summed E-state index contributed by atoms with van der Waals surface area (Å²) in [6, 6.07) is 3.53. The third-order valence-corrected chi connectivity index (χ3v) is 3.65. The molecule has 1 N–H and O–H groups in total. The number of amides is 1. The first-order chi connectivity index (χ1) is 9.25. The number of likely N-dealkylation sites (tertiary alicyclic amines) is 1. The van der Waals surface area contributed by atoms with E-state index in [0.29, 0.717) is 17.4 Å². The van der Waals surface area contributed by atoms with E-state index in [-0.39, 0.29) is 5.91 Å². The zero-order valence-electron chi connectivity index (χ0n) is 11.1. The molecule has 2 rings (SSSR count). The van der Waals surface area contributed by atoms with Crippen LogP contribution in [0, 0.1) is 0 Å². The molecule has 5 heteroatoms. The molecule has 1 aromatic rings. The van der Waals surface area contributed by atoms with Crippen molar-refractivity contribution in [1.29, 1.82) is 0 Å². The molecule has 1 fully saturated rings. The van der Waals surface area contributed by atoms with Crippen LogP contribution in [-0.4, -0.2) is 35.4 Å². The van der Waals surface area contributed by atoms with Crippen molar-refractivity contribution >= 4 is 23.2 Å². The van der Waals surface area contributed by atoms with E-state index in [1.165, 1.54) is 32.1 Å². The first kappa shape index (κ1) is 14.3. The highest BCUT2D eigenvalue weighted by molar-refractivity contribution is 6.32. The molecule has 1 aromatic heterocycles. The minimum Gasteiger partial charge on any atom is -0.322 e. The van der Waals surface area contributed by atoms with E-state index in [4.69, 9.17) is 11.6 Å². The van der Waals surface area contributed by atoms with Crippen molar-refractivity contribution in [2.45, 2.75) is 32.1 Å². The zero-order chi connectivity index (χ0) is 13.5. The number of hydrogen-bond donors (Lipinski definition) is 1. The van der Waals surface area contributed by atoms with Gasteiger partial charge in [-0.2, -0.15) is 0 Å². The average Bonchev–Trinajstić information content (AvgIpc) is 2.35. The fourth-order valence-electron chi connectivity index (χ4n) is 2.34. The molecule has 1 amide bonds. The number of aromatic nitrogens is 1. The fourth-order valence-corrected chi connectivity index (χ4v) is 2.51. The first-order valence-electron chi connectivity index (χ1n) is 6.88. The summed E-state index contributed by atoms with van der Waals surface area (Å²) >= 11 is 5.92. The third-order valence-electron chi connectivity index (χ3n) is 3.35. The van der Waals surface area contributed by atoms with Gasteiger partial charge in [0, 0.05) is 6.20 Å². The molecule has 19 heavy (non-hydrogen) atoms. The van der Waals surface area contributed by atoms with E-state index in [2.05, 4.69) is 15.2 Å². The molecule has 0 spiro atoms. The van der Waals surface area contributed by atoms with E-state index >= 15 is 0 Å². The molecule has 0 bridgehead atoms. The van der Waals surface area contributed by atoms with Gasteiger partial charge in [0.25, 0.3) is 0 Å². The van der Waals surface area contributed by atoms with Crippen LogP contribution in [0.3, 0.4) is 0 Å². The second kappa shape index (κ2) is 7.46. The summed E-state index contributed by atoms with van der Waals surface area (Å²) in [5.41, 5.74) is 0.584. The Hall–Kier alpha value is -1.13. The van der Waals surface area contributed by atoms with Gasteiger partial charge in [-0.1, -0.05) is 30.9 Å². The first-order valence-corrected chi connectivity index (χ1v) is 7.26. The summed E-state index contributed by atoms with van der Waals surface area (Å²) in [6.07, 6.45) is 7.84. The lowest BCUT2D eigenvalue weighted by atomic mass is 10.1. The maximum absolute atomic E-state index is 12.0. The predicted octanol–water partition coefficient (Wildman–Crippen LogP) is 2.94. The summed E-state index contributed by atoms with van der Waals surface area (Å²) < 4.78 is 0. The van der Waals surface area contributed by atoms with Crippen LogP contribution < -0.4 is 5.32 Å². The molecule has 104 valence electrons. The molecule has 0 aromatic carbocycles. The molecular weight excluding hydrogens is 262 g/mol. The number of carbonyl (C=O) groups is 1. The van der Waals surface area contributed by atoms with E-state index < -0.39 is 0 Å². The number of nitrogens with one attached hydrogen (secondary N) is 1. The molecule has 0 radical (unpaired) electrons. The van der Waals surface area contributed by atoms with Gasteiger partial charge in [-0.05, 0) is 38.1 Å². The van der Waals surface area contributed by atoms with Crippen molar-refractivity contribution in [3.05, 3.63) is 23.5 Å². The van der Waals surface area contributed by atoms with Gasteiger partial charge < -0.3 is 5.32 Å². The lowest BCUT2D eigenvalue weighted by Gasteiger charge is -2.23. The van der Waals surface area contributed by atoms with Gasteiger partial charge in [-0.25, -0.2) is 4.98 Å². The van der Waals surface area contributed by atoms with Gasteiger partial charge in [-0.15, -0.1) is 0 Å². The SMILES string of the molecule is O=C(CN1CCCCCCC1)Nc1cccnc1Cl. The second-order valence-electron chi connectivity index (χ2n) is 4.93. The van der Waals surface area contributed by atoms with Crippen LogP contribution in [0.1, 0.15) is 32.1 Å². The van der Waals surface area contributed by atoms with Crippen molar-refractivity contribution in [1.82, 2.24) is 9.88 Å². The zero-order valence-corrected chi connectivity index (χ0v) is 11.8. The van der Waals surface area contributed by atoms with Crippen molar-refractivity contribution in [2.24, 2.45) is 0 Å². The topological polar surface area (TPSA) is 45.2 Å². The number of pyridine rings is 1. The molecule has 2 heterocycles. The number of hydrogen-bond acceptors (Lipinski definition) is 3. The van der Waals surface area contributed by atoms with Crippen LogP contribution in [0.25, 0.3) is 0 Å². The molecule has 1 aliphatic heterocycles. The Morgan fingerprint density at radius 2 is 1.95 bits per heavy atom. The molecular formula is C14H20ClN3O. The Morgan fingerprint density at radius 1 is 1.26 bits per heavy atom. The smallest absolute Gasteiger partial charge is 0.238 e. The Labute approximate surface area is 119 Å². The van der Waals surface area contributed by atoms with E-state index in [1.54, 1.807) is 18.3 Å². The van der Waals surface area contributed by atoms with Crippen LogP contribution in [0.15, 0.2) is 18.3 Å². The number of anilines is 1. The Morgan fingerprint density at radius 3 is 2.63 bits per heavy atom. The number of carbonyl (C=O) groups excluding carboxylic acids is 1. The molecule has 0 unspecified atom stereocenters. The summed E-state index contributed by atoms with van der Waals surface area (Å²) in [4.78, 5) is 18.2. The Bertz CT molecular complexity index is 417. The Kier molecular flexibility index (Phi) is 5.61. The molecule has 1 saturated heterocycles. The molecule has 4 nitrogen and oxygen atoms in total. The lowest BCUT2D eigenvalue weighted by Crippen LogP contribution is -2.35. The maximum Gasteiger partial charge on any atom is 0.238 e. The molecule has 0 aliphatic carbocycles. The fraction of sp³-hybridized carbons (Fsp3) is 0.571. The highest BCUT2D eigenvalue weighted by Gasteiger charge is 2.13. The summed E-state index contributed by atoms with van der Waals surface area (Å²) in [5, 5.41) is 3.16. The van der Waals surface area contributed by atoms with Gasteiger partial charge >= 0.3 is 0 Å². The summed E-state index contributed by atoms with van der Waals surface area (Å²) in [6.45, 7) is 2.45. The molecule has 0 saturated carbocycles. The van der Waals surface area contributed by atoms with Crippen molar-refractivity contribution in [2.75, 3.05) is 25.0 Å². The van der Waals surface area contributed by atoms with Crippen LogP contribution >= 0.6 is 11.6 Å². The van der Waals surface area contributed by atoms with E-state index in [9.17, 15) is 4.79 Å². The van der Waals surface area contributed by atoms with Crippen molar-refractivity contribution < 1.29 is 4.79 Å². The lowest BCUT2D eigenvalue weighted by molar-refractivity contribution is -0.117. The van der Waals surface area contributed by atoms with Gasteiger partial charge in [0.2, 0.25) is 5.91 Å². The molecule has 0 atom stereocenters. The van der Waals surface area contributed by atoms with Gasteiger partial charge in [0.1, 0.15) is 0 Å². The highest BCUT2D eigenvalue weighted by atomic mass is 35.5. The quantitative estimate of drug-likeness (QED) is 0.867. The number of rotatable bonds is 3. The normalized spacial score (nSPS) is 17.5. The maximum atomic E-state index is 12.0. The molecule has 1 aliphatic rings. The monoisotopic (exact) mass is 281 g/mol.